The number of likely N-dealkylation sites (N-methyl/N-ethyl adjacent to an activating group) is 1. The monoisotopic (exact) mass is 433 g/mol. The van der Waals surface area contributed by atoms with Crippen molar-refractivity contribution in [3.63, 3.8) is 0 Å². The lowest BCUT2D eigenvalue weighted by molar-refractivity contribution is -0.124. The number of carbonyl (C=O) groups excluding carboxylic acids is 1. The lowest BCUT2D eigenvalue weighted by Gasteiger charge is -2.28. The predicted molar refractivity (Wildman–Crippen MR) is 127 cm³/mol. The fraction of sp³-hybridized carbons (Fsp3) is 0.346. The van der Waals surface area contributed by atoms with E-state index in [2.05, 4.69) is 53.3 Å². The van der Waals surface area contributed by atoms with E-state index in [0.29, 0.717) is 6.04 Å². The first-order chi connectivity index (χ1) is 15.5. The van der Waals surface area contributed by atoms with Gasteiger partial charge < -0.3 is 9.72 Å². The average molecular weight is 434 g/mol. The summed E-state index contributed by atoms with van der Waals surface area (Å²) in [6, 6.07) is 13.0. The van der Waals surface area contributed by atoms with Gasteiger partial charge in [0, 0.05) is 35.8 Å². The fourth-order valence-corrected chi connectivity index (χ4v) is 4.82. The molecule has 0 saturated carbocycles. The largest absolute Gasteiger partial charge is 0.497 e. The van der Waals surface area contributed by atoms with Crippen LogP contribution in [0.4, 0.5) is 0 Å². The van der Waals surface area contributed by atoms with Crippen molar-refractivity contribution in [2.75, 3.05) is 20.2 Å². The molecule has 1 aliphatic carbocycles. The number of carbonyl (C=O) groups is 1. The molecule has 3 aromatic rings. The molecule has 32 heavy (non-hydrogen) atoms. The fourth-order valence-electron chi connectivity index (χ4n) is 4.82. The van der Waals surface area contributed by atoms with Gasteiger partial charge in [0.25, 0.3) is 5.91 Å². The minimum Gasteiger partial charge on any atom is -0.497 e. The van der Waals surface area contributed by atoms with Crippen molar-refractivity contribution in [3.05, 3.63) is 70.9 Å². The quantitative estimate of drug-likeness (QED) is 0.275. The Bertz CT molecular complexity index is 1150. The van der Waals surface area contributed by atoms with E-state index in [1.165, 1.54) is 28.2 Å². The second kappa shape index (κ2) is 9.59. The third kappa shape index (κ3) is 4.42. The average Bonchev–Trinajstić information content (AvgIpc) is 3.42. The molecule has 1 amide bonds. The van der Waals surface area contributed by atoms with Gasteiger partial charge in [-0.1, -0.05) is 25.1 Å². The molecular weight excluding hydrogens is 402 g/mol. The molecule has 0 aliphatic heterocycles. The van der Waals surface area contributed by atoms with Gasteiger partial charge in [-0.15, -0.1) is 0 Å². The number of nitrogens with one attached hydrogen (secondary N) is 2. The number of aromatic amines is 1. The first-order valence-electron chi connectivity index (χ1n) is 11.2. The van der Waals surface area contributed by atoms with Gasteiger partial charge in [0.1, 0.15) is 5.75 Å². The third-order valence-corrected chi connectivity index (χ3v) is 6.59. The summed E-state index contributed by atoms with van der Waals surface area (Å²) in [5, 5.41) is 9.98. The number of hydrogen-bond donors (Lipinski definition) is 3. The Morgan fingerprint density at radius 1 is 1.31 bits per heavy atom. The highest BCUT2D eigenvalue weighted by Gasteiger charge is 2.27. The summed E-state index contributed by atoms with van der Waals surface area (Å²) >= 11 is 0. The number of fused-ring (bicyclic) bond motifs is 2. The molecule has 168 valence electrons. The van der Waals surface area contributed by atoms with Crippen molar-refractivity contribution >= 4 is 22.4 Å². The number of H-pyrrole nitrogens is 1. The van der Waals surface area contributed by atoms with E-state index in [-0.39, 0.29) is 0 Å². The number of hydroxylamine groups is 1. The normalized spacial score (nSPS) is 15.9. The maximum Gasteiger partial charge on any atom is 0.267 e. The summed E-state index contributed by atoms with van der Waals surface area (Å²) in [6.07, 6.45) is 6.65. The molecule has 0 fully saturated rings. The van der Waals surface area contributed by atoms with Gasteiger partial charge in [0.05, 0.1) is 7.11 Å². The van der Waals surface area contributed by atoms with Crippen molar-refractivity contribution in [2.45, 2.75) is 39.2 Å². The smallest absolute Gasteiger partial charge is 0.267 e. The van der Waals surface area contributed by atoms with E-state index in [1.807, 2.05) is 13.0 Å². The van der Waals surface area contributed by atoms with Crippen LogP contribution in [0.15, 0.2) is 48.7 Å². The summed E-state index contributed by atoms with van der Waals surface area (Å²) in [5.41, 5.74) is 8.70. The molecule has 0 spiro atoms. The van der Waals surface area contributed by atoms with Crippen LogP contribution < -0.4 is 10.2 Å². The molecule has 0 saturated heterocycles. The number of rotatable bonds is 8. The van der Waals surface area contributed by atoms with Crippen LogP contribution in [0.25, 0.3) is 16.5 Å². The number of benzene rings is 2. The van der Waals surface area contributed by atoms with Crippen molar-refractivity contribution in [1.82, 2.24) is 15.4 Å². The molecule has 3 N–H and O–H groups in total. The molecule has 0 bridgehead atoms. The highest BCUT2D eigenvalue weighted by Crippen LogP contribution is 2.37. The van der Waals surface area contributed by atoms with Gasteiger partial charge in [0.15, 0.2) is 0 Å². The van der Waals surface area contributed by atoms with Crippen molar-refractivity contribution in [1.29, 1.82) is 0 Å². The Morgan fingerprint density at radius 3 is 2.91 bits per heavy atom. The van der Waals surface area contributed by atoms with Gasteiger partial charge in [0.2, 0.25) is 0 Å². The van der Waals surface area contributed by atoms with Crippen LogP contribution in [-0.2, 0) is 17.6 Å². The SMILES string of the molecule is CCN(CCc1c[nH]c2ccc(OC)cc12)C1CCc2cc(C(C)=CC(=O)NO)ccc21. The Hall–Kier alpha value is -3.09. The molecule has 1 aromatic heterocycles. The highest BCUT2D eigenvalue weighted by atomic mass is 16.5. The van der Waals surface area contributed by atoms with E-state index in [4.69, 9.17) is 9.94 Å². The second-order valence-electron chi connectivity index (χ2n) is 8.38. The molecule has 4 rings (SSSR count). The second-order valence-corrected chi connectivity index (χ2v) is 8.38. The number of methoxy groups -OCH3 is 1. The molecule has 1 aliphatic rings. The summed E-state index contributed by atoms with van der Waals surface area (Å²) < 4.78 is 5.40. The van der Waals surface area contributed by atoms with Crippen LogP contribution >= 0.6 is 0 Å². The van der Waals surface area contributed by atoms with Gasteiger partial charge >= 0.3 is 0 Å². The molecule has 6 heteroatoms. The van der Waals surface area contributed by atoms with E-state index in [0.717, 1.165) is 54.8 Å². The summed E-state index contributed by atoms with van der Waals surface area (Å²) in [4.78, 5) is 17.4. The zero-order chi connectivity index (χ0) is 22.7. The van der Waals surface area contributed by atoms with Crippen molar-refractivity contribution < 1.29 is 14.7 Å². The molecule has 1 atom stereocenters. The first-order valence-corrected chi connectivity index (χ1v) is 11.2. The van der Waals surface area contributed by atoms with Gasteiger partial charge in [-0.2, -0.15) is 0 Å². The minimum atomic E-state index is -0.507. The van der Waals surface area contributed by atoms with Gasteiger partial charge in [-0.05, 0) is 78.8 Å². The number of aromatic nitrogens is 1. The topological polar surface area (TPSA) is 77.6 Å². The number of allylic oxidation sites excluding steroid dienone is 1. The number of ether oxygens (including phenoxy) is 1. The summed E-state index contributed by atoms with van der Waals surface area (Å²) in [5.74, 6) is 0.375. The van der Waals surface area contributed by atoms with Crippen LogP contribution in [0.1, 0.15) is 48.6 Å². The standard InChI is InChI=1S/C26H31N3O3/c1-4-29(12-11-20-16-27-24-9-7-21(32-3)15-23(20)24)25-10-6-19-14-18(5-8-22(19)25)17(2)13-26(30)28-31/h5,7-9,13-16,25,27,31H,4,6,10-12H2,1-3H3,(H,28,30). The Balaban J connectivity index is 1.50. The number of amides is 1. The van der Waals surface area contributed by atoms with Gasteiger partial charge in [-0.25, -0.2) is 5.48 Å². The molecule has 6 nitrogen and oxygen atoms in total. The van der Waals surface area contributed by atoms with Crippen molar-refractivity contribution in [3.8, 4) is 5.75 Å². The highest BCUT2D eigenvalue weighted by molar-refractivity contribution is 5.94. The summed E-state index contributed by atoms with van der Waals surface area (Å²) in [7, 11) is 1.70. The van der Waals surface area contributed by atoms with Crippen molar-refractivity contribution in [2.24, 2.45) is 0 Å². The molecule has 1 unspecified atom stereocenters. The zero-order valence-electron chi connectivity index (χ0n) is 18.9. The van der Waals surface area contributed by atoms with E-state index in [9.17, 15) is 4.79 Å². The third-order valence-electron chi connectivity index (χ3n) is 6.59. The minimum absolute atomic E-state index is 0.411. The maximum atomic E-state index is 11.4. The lowest BCUT2D eigenvalue weighted by atomic mass is 9.99. The first kappa shape index (κ1) is 22.1. The van der Waals surface area contributed by atoms with E-state index in [1.54, 1.807) is 12.6 Å². The molecular formula is C26H31N3O3. The van der Waals surface area contributed by atoms with Crippen LogP contribution in [-0.4, -0.2) is 41.2 Å². The predicted octanol–water partition coefficient (Wildman–Crippen LogP) is 4.64. The van der Waals surface area contributed by atoms with Crippen LogP contribution in [0, 0.1) is 0 Å². The lowest BCUT2D eigenvalue weighted by Crippen LogP contribution is -2.29. The maximum absolute atomic E-state index is 11.4. The Morgan fingerprint density at radius 2 is 2.16 bits per heavy atom. The Kier molecular flexibility index (Phi) is 6.63. The number of nitrogens with zero attached hydrogens (tertiary/aromatic N) is 1. The molecule has 2 aromatic carbocycles. The molecule has 0 radical (unpaired) electrons. The number of aryl methyl sites for hydroxylation is 1. The number of hydrogen-bond acceptors (Lipinski definition) is 4. The summed E-state index contributed by atoms with van der Waals surface area (Å²) in [6.45, 7) is 6.10. The van der Waals surface area contributed by atoms with Crippen LogP contribution in [0.3, 0.4) is 0 Å². The Labute approximate surface area is 188 Å². The van der Waals surface area contributed by atoms with Crippen LogP contribution in [0.5, 0.6) is 5.75 Å². The zero-order valence-corrected chi connectivity index (χ0v) is 18.9. The van der Waals surface area contributed by atoms with E-state index < -0.39 is 5.91 Å². The van der Waals surface area contributed by atoms with Gasteiger partial charge in [-0.3, -0.25) is 14.9 Å². The molecule has 1 heterocycles. The van der Waals surface area contributed by atoms with E-state index >= 15 is 0 Å². The van der Waals surface area contributed by atoms with Crippen LogP contribution in [0.2, 0.25) is 0 Å².